The summed E-state index contributed by atoms with van der Waals surface area (Å²) in [6.07, 6.45) is 0. The molecule has 26 heavy (non-hydrogen) atoms. The van der Waals surface area contributed by atoms with Gasteiger partial charge in [-0.1, -0.05) is 37.0 Å². The molecule has 0 bridgehead atoms. The first kappa shape index (κ1) is 20.3. The molecule has 2 rings (SSSR count). The number of hydrogen-bond donors (Lipinski definition) is 3. The average Bonchev–Trinajstić information content (AvgIpc) is 2.58. The highest BCUT2D eigenvalue weighted by molar-refractivity contribution is 7.80. The summed E-state index contributed by atoms with van der Waals surface area (Å²) >= 11 is 16.8. The van der Waals surface area contributed by atoms with Crippen LogP contribution in [0.5, 0.6) is 11.5 Å². The number of thiocarbonyl (C=S) groups is 1. The van der Waals surface area contributed by atoms with Crippen molar-refractivity contribution in [3.8, 4) is 11.5 Å². The molecule has 0 aromatic heterocycles. The van der Waals surface area contributed by atoms with Gasteiger partial charge in [0.05, 0.1) is 16.7 Å². The lowest BCUT2D eigenvalue weighted by molar-refractivity contribution is 0.0977. The van der Waals surface area contributed by atoms with E-state index in [9.17, 15) is 9.90 Å². The van der Waals surface area contributed by atoms with Gasteiger partial charge in [0.25, 0.3) is 5.91 Å². The molecule has 2 aromatic carbocycles. The summed E-state index contributed by atoms with van der Waals surface area (Å²) in [4.78, 5) is 12.2. The average molecular weight is 413 g/mol. The second kappa shape index (κ2) is 9.07. The smallest absolute Gasteiger partial charge is 0.257 e. The van der Waals surface area contributed by atoms with Crippen molar-refractivity contribution in [3.63, 3.8) is 0 Å². The first-order chi connectivity index (χ1) is 12.3. The Morgan fingerprint density at radius 3 is 2.31 bits per heavy atom. The maximum atomic E-state index is 12.2. The molecular weight excluding hydrogens is 395 g/mol. The molecule has 1 amide bonds. The van der Waals surface area contributed by atoms with Crippen LogP contribution in [0.25, 0.3) is 0 Å². The lowest BCUT2D eigenvalue weighted by Gasteiger charge is -2.12. The summed E-state index contributed by atoms with van der Waals surface area (Å²) in [5.74, 6) is 0.537. The van der Waals surface area contributed by atoms with Gasteiger partial charge >= 0.3 is 0 Å². The number of carbonyl (C=O) groups excluding carboxylic acids is 1. The van der Waals surface area contributed by atoms with E-state index in [4.69, 9.17) is 40.2 Å². The molecule has 0 saturated heterocycles. The van der Waals surface area contributed by atoms with E-state index >= 15 is 0 Å². The summed E-state index contributed by atoms with van der Waals surface area (Å²) in [6, 6.07) is 9.66. The largest absolute Gasteiger partial charge is 0.505 e. The van der Waals surface area contributed by atoms with Crippen LogP contribution in [0.4, 0.5) is 5.69 Å². The van der Waals surface area contributed by atoms with Crippen LogP contribution in [0.3, 0.4) is 0 Å². The molecule has 0 atom stereocenters. The molecule has 0 aliphatic carbocycles. The Bertz CT molecular complexity index is 788. The van der Waals surface area contributed by atoms with E-state index in [1.165, 1.54) is 12.1 Å². The third-order valence-corrected chi connectivity index (χ3v) is 3.98. The first-order valence-electron chi connectivity index (χ1n) is 7.79. The van der Waals surface area contributed by atoms with Gasteiger partial charge in [-0.25, -0.2) is 0 Å². The highest BCUT2D eigenvalue weighted by Gasteiger charge is 2.11. The van der Waals surface area contributed by atoms with Gasteiger partial charge in [-0.2, -0.15) is 0 Å². The van der Waals surface area contributed by atoms with E-state index in [1.54, 1.807) is 24.3 Å². The van der Waals surface area contributed by atoms with E-state index in [-0.39, 0.29) is 26.8 Å². The number of benzene rings is 2. The number of aromatic hydroxyl groups is 1. The Labute approximate surface area is 167 Å². The van der Waals surface area contributed by atoms with Gasteiger partial charge in [0.15, 0.2) is 10.9 Å². The number of nitrogens with one attached hydrogen (secondary N) is 2. The van der Waals surface area contributed by atoms with Crippen LogP contribution in [0.15, 0.2) is 36.4 Å². The Morgan fingerprint density at radius 1 is 1.19 bits per heavy atom. The third-order valence-electron chi connectivity index (χ3n) is 3.20. The van der Waals surface area contributed by atoms with Crippen LogP contribution >= 0.6 is 35.4 Å². The zero-order chi connectivity index (χ0) is 19.3. The van der Waals surface area contributed by atoms with Gasteiger partial charge in [0.1, 0.15) is 5.75 Å². The van der Waals surface area contributed by atoms with Gasteiger partial charge in [-0.15, -0.1) is 0 Å². The third kappa shape index (κ3) is 5.76. The molecular formula is C18H18Cl2N2O3S. The Kier molecular flexibility index (Phi) is 7.08. The molecule has 0 aliphatic heterocycles. The standard InChI is InChI=1S/C18H18Cl2N2O3S/c1-10(2)9-25-13-5-3-11(4-6-13)17(24)22-18(26)21-12-7-14(19)16(23)15(20)8-12/h3-8,10,23H,9H2,1-2H3,(H2,21,22,24,26). The van der Waals surface area contributed by atoms with Crippen molar-refractivity contribution >= 4 is 52.1 Å². The molecule has 0 heterocycles. The molecule has 0 aliphatic rings. The number of anilines is 1. The predicted octanol–water partition coefficient (Wildman–Crippen LogP) is 4.86. The Morgan fingerprint density at radius 2 is 1.77 bits per heavy atom. The molecule has 138 valence electrons. The lowest BCUT2D eigenvalue weighted by atomic mass is 10.2. The van der Waals surface area contributed by atoms with Crippen LogP contribution < -0.4 is 15.4 Å². The Balaban J connectivity index is 1.95. The fourth-order valence-corrected chi connectivity index (χ4v) is 2.64. The molecule has 0 radical (unpaired) electrons. The Hall–Kier alpha value is -2.02. The summed E-state index contributed by atoms with van der Waals surface area (Å²) in [5.41, 5.74) is 0.883. The zero-order valence-corrected chi connectivity index (χ0v) is 16.5. The van der Waals surface area contributed by atoms with E-state index in [0.717, 1.165) is 0 Å². The molecule has 0 saturated carbocycles. The summed E-state index contributed by atoms with van der Waals surface area (Å²) in [7, 11) is 0. The molecule has 0 unspecified atom stereocenters. The van der Waals surface area contributed by atoms with Gasteiger partial charge in [-0.05, 0) is 54.5 Å². The number of amides is 1. The van der Waals surface area contributed by atoms with Gasteiger partial charge in [0.2, 0.25) is 0 Å². The maximum Gasteiger partial charge on any atom is 0.257 e. The lowest BCUT2D eigenvalue weighted by Crippen LogP contribution is -2.34. The number of phenolic OH excluding ortho intramolecular Hbond substituents is 1. The van der Waals surface area contributed by atoms with Crippen molar-refractivity contribution in [2.45, 2.75) is 13.8 Å². The quantitative estimate of drug-likeness (QED) is 0.483. The fraction of sp³-hybridized carbons (Fsp3) is 0.222. The number of halogens is 2. The van der Waals surface area contributed by atoms with Gasteiger partial charge in [-0.3, -0.25) is 10.1 Å². The van der Waals surface area contributed by atoms with Crippen LogP contribution in [0, 0.1) is 5.92 Å². The van der Waals surface area contributed by atoms with Crippen molar-refractivity contribution < 1.29 is 14.6 Å². The van der Waals surface area contributed by atoms with E-state index < -0.39 is 0 Å². The number of ether oxygens (including phenoxy) is 1. The van der Waals surface area contributed by atoms with Crippen LogP contribution in [-0.2, 0) is 0 Å². The second-order valence-electron chi connectivity index (χ2n) is 5.93. The van der Waals surface area contributed by atoms with Gasteiger partial charge in [0, 0.05) is 11.3 Å². The van der Waals surface area contributed by atoms with E-state index in [2.05, 4.69) is 24.5 Å². The van der Waals surface area contributed by atoms with Crippen molar-refractivity contribution in [1.82, 2.24) is 5.32 Å². The van der Waals surface area contributed by atoms with Crippen LogP contribution in [0.1, 0.15) is 24.2 Å². The summed E-state index contributed by atoms with van der Waals surface area (Å²) in [6.45, 7) is 4.73. The normalized spacial score (nSPS) is 10.5. The molecule has 5 nitrogen and oxygen atoms in total. The number of carbonyl (C=O) groups is 1. The predicted molar refractivity (Wildman–Crippen MR) is 109 cm³/mol. The van der Waals surface area contributed by atoms with Crippen LogP contribution in [0.2, 0.25) is 10.0 Å². The minimum absolute atomic E-state index is 0.0751. The monoisotopic (exact) mass is 412 g/mol. The molecule has 8 heteroatoms. The van der Waals surface area contributed by atoms with Gasteiger partial charge < -0.3 is 15.2 Å². The maximum absolute atomic E-state index is 12.2. The molecule has 3 N–H and O–H groups in total. The number of rotatable bonds is 5. The minimum Gasteiger partial charge on any atom is -0.505 e. The number of phenols is 1. The minimum atomic E-state index is -0.367. The fourth-order valence-electron chi connectivity index (χ4n) is 1.94. The van der Waals surface area contributed by atoms with Crippen molar-refractivity contribution in [2.75, 3.05) is 11.9 Å². The zero-order valence-electron chi connectivity index (χ0n) is 14.2. The topological polar surface area (TPSA) is 70.6 Å². The van der Waals surface area contributed by atoms with Crippen molar-refractivity contribution in [3.05, 3.63) is 52.0 Å². The highest BCUT2D eigenvalue weighted by Crippen LogP contribution is 2.34. The molecule has 2 aromatic rings. The molecule has 0 fully saturated rings. The van der Waals surface area contributed by atoms with E-state index in [0.29, 0.717) is 29.5 Å². The van der Waals surface area contributed by atoms with Crippen molar-refractivity contribution in [2.24, 2.45) is 5.92 Å². The van der Waals surface area contributed by atoms with E-state index in [1.807, 2.05) is 0 Å². The van der Waals surface area contributed by atoms with Crippen LogP contribution in [-0.4, -0.2) is 22.7 Å². The van der Waals surface area contributed by atoms with Crippen molar-refractivity contribution in [1.29, 1.82) is 0 Å². The summed E-state index contributed by atoms with van der Waals surface area (Å²) in [5, 5.41) is 15.1. The molecule has 0 spiro atoms. The SMILES string of the molecule is CC(C)COc1ccc(C(=O)NC(=S)Nc2cc(Cl)c(O)c(Cl)c2)cc1. The highest BCUT2D eigenvalue weighted by atomic mass is 35.5. The second-order valence-corrected chi connectivity index (χ2v) is 7.15. The summed E-state index contributed by atoms with van der Waals surface area (Å²) < 4.78 is 5.58. The number of hydrogen-bond acceptors (Lipinski definition) is 4. The first-order valence-corrected chi connectivity index (χ1v) is 8.96.